The molecule has 2 aliphatic rings. The Morgan fingerprint density at radius 2 is 1.81 bits per heavy atom. The van der Waals surface area contributed by atoms with Crippen molar-refractivity contribution in [3.63, 3.8) is 0 Å². The maximum Gasteiger partial charge on any atom is 0.174 e. The zero-order chi connectivity index (χ0) is 25.6. The first-order valence-electron chi connectivity index (χ1n) is 12.9. The highest BCUT2D eigenvalue weighted by molar-refractivity contribution is 7.80. The van der Waals surface area contributed by atoms with Gasteiger partial charge in [-0.2, -0.15) is 0 Å². The molecule has 0 aliphatic carbocycles. The molecule has 0 unspecified atom stereocenters. The van der Waals surface area contributed by atoms with E-state index in [0.29, 0.717) is 16.9 Å². The first kappa shape index (κ1) is 25.1. The Bertz CT molecular complexity index is 1220. The Morgan fingerprint density at radius 1 is 1.06 bits per heavy atom. The molecule has 7 heteroatoms. The van der Waals surface area contributed by atoms with Crippen LogP contribution in [-0.2, 0) is 5.54 Å². The molecule has 2 fully saturated rings. The van der Waals surface area contributed by atoms with Gasteiger partial charge in [0.25, 0.3) is 0 Å². The van der Waals surface area contributed by atoms with Crippen LogP contribution in [0.4, 0.5) is 11.4 Å². The molecular formula is C29H36ClN5S. The van der Waals surface area contributed by atoms with Crippen LogP contribution < -0.4 is 15.1 Å². The fourth-order valence-corrected chi connectivity index (χ4v) is 6.38. The van der Waals surface area contributed by atoms with Crippen molar-refractivity contribution in [2.45, 2.75) is 58.7 Å². The molecule has 2 aromatic heterocycles. The smallest absolute Gasteiger partial charge is 0.174 e. The Morgan fingerprint density at radius 3 is 2.42 bits per heavy atom. The van der Waals surface area contributed by atoms with Gasteiger partial charge in [0.2, 0.25) is 0 Å². The maximum atomic E-state index is 6.95. The summed E-state index contributed by atoms with van der Waals surface area (Å²) >= 11 is 12.9. The topological polar surface area (TPSA) is 36.3 Å². The second-order valence-corrected chi connectivity index (χ2v) is 12.3. The lowest BCUT2D eigenvalue weighted by molar-refractivity contribution is 0.357. The SMILES string of the molecule is C[C@@H]1C[C@H](C)CN(c2ccc(N3C(=S)N[C@H](c4ccccn4)[C@H]3c3ccn(C(C)(C)C)c3)cc2Cl)C1. The van der Waals surface area contributed by atoms with Crippen LogP contribution in [-0.4, -0.2) is 27.8 Å². The molecule has 190 valence electrons. The molecule has 0 saturated carbocycles. The van der Waals surface area contributed by atoms with Gasteiger partial charge in [0.05, 0.1) is 28.5 Å². The quantitative estimate of drug-likeness (QED) is 0.376. The molecule has 2 aliphatic heterocycles. The average Bonchev–Trinajstić information content (AvgIpc) is 3.43. The predicted octanol–water partition coefficient (Wildman–Crippen LogP) is 6.95. The van der Waals surface area contributed by atoms with Crippen LogP contribution in [0, 0.1) is 11.8 Å². The number of aromatic nitrogens is 2. The Balaban J connectivity index is 1.53. The molecule has 1 aromatic carbocycles. The standard InChI is InChI=1S/C29H36ClN5S/c1-19-14-20(2)17-33(16-19)25-10-9-22(15-23(25)30)35-27(21-11-13-34(18-21)29(3,4)5)26(32-28(35)36)24-8-6-7-12-31-24/h6-13,15,18-20,26-27H,14,16-17H2,1-5H3,(H,32,36)/t19-,20+,26-,27-/m1/s1. The number of piperidine rings is 1. The lowest BCUT2D eigenvalue weighted by atomic mass is 9.91. The van der Waals surface area contributed by atoms with Crippen LogP contribution in [0.2, 0.25) is 5.02 Å². The molecule has 0 bridgehead atoms. The Hall–Kier alpha value is -2.57. The second-order valence-electron chi connectivity index (χ2n) is 11.5. The first-order chi connectivity index (χ1) is 17.1. The highest BCUT2D eigenvalue weighted by Gasteiger charge is 2.41. The normalized spacial score (nSPS) is 24.8. The summed E-state index contributed by atoms with van der Waals surface area (Å²) in [5.74, 6) is 1.32. The number of nitrogens with zero attached hydrogens (tertiary/aromatic N) is 4. The van der Waals surface area contributed by atoms with Crippen molar-refractivity contribution in [2.24, 2.45) is 11.8 Å². The first-order valence-corrected chi connectivity index (χ1v) is 13.6. The molecule has 4 heterocycles. The zero-order valence-corrected chi connectivity index (χ0v) is 23.4. The fraction of sp³-hybridized carbons (Fsp3) is 0.448. The van der Waals surface area contributed by atoms with E-state index in [1.54, 1.807) is 0 Å². The van der Waals surface area contributed by atoms with E-state index >= 15 is 0 Å². The van der Waals surface area contributed by atoms with Crippen LogP contribution in [0.25, 0.3) is 0 Å². The summed E-state index contributed by atoms with van der Waals surface area (Å²) in [6.45, 7) is 13.4. The molecule has 4 atom stereocenters. The van der Waals surface area contributed by atoms with E-state index < -0.39 is 0 Å². The maximum absolute atomic E-state index is 6.95. The summed E-state index contributed by atoms with van der Waals surface area (Å²) < 4.78 is 2.26. The minimum Gasteiger partial charge on any atom is -0.370 e. The zero-order valence-electron chi connectivity index (χ0n) is 21.8. The number of nitrogens with one attached hydrogen (secondary N) is 1. The molecule has 1 N–H and O–H groups in total. The molecule has 0 amide bonds. The van der Waals surface area contributed by atoms with Gasteiger partial charge < -0.3 is 19.7 Å². The number of anilines is 2. The number of benzene rings is 1. The van der Waals surface area contributed by atoms with Crippen molar-refractivity contribution in [3.8, 4) is 0 Å². The van der Waals surface area contributed by atoms with Gasteiger partial charge in [0, 0.05) is 42.9 Å². The minimum atomic E-state index is -0.0724. The van der Waals surface area contributed by atoms with Crippen molar-refractivity contribution in [2.75, 3.05) is 22.9 Å². The third kappa shape index (κ3) is 4.85. The van der Waals surface area contributed by atoms with Gasteiger partial charge in [-0.3, -0.25) is 4.98 Å². The van der Waals surface area contributed by atoms with Gasteiger partial charge in [-0.15, -0.1) is 0 Å². The van der Waals surface area contributed by atoms with Crippen molar-refractivity contribution >= 4 is 40.3 Å². The number of halogens is 1. The van der Waals surface area contributed by atoms with Crippen molar-refractivity contribution in [1.29, 1.82) is 0 Å². The third-order valence-corrected chi connectivity index (χ3v) is 7.97. The fourth-order valence-electron chi connectivity index (χ4n) is 5.74. The molecule has 5 nitrogen and oxygen atoms in total. The van der Waals surface area contributed by atoms with Crippen LogP contribution in [0.3, 0.4) is 0 Å². The number of pyridine rings is 1. The van der Waals surface area contributed by atoms with Crippen LogP contribution in [0.5, 0.6) is 0 Å². The van der Waals surface area contributed by atoms with Crippen LogP contribution in [0.15, 0.2) is 61.1 Å². The third-order valence-electron chi connectivity index (χ3n) is 7.35. The van der Waals surface area contributed by atoms with Gasteiger partial charge in [-0.25, -0.2) is 0 Å². The number of thiocarbonyl (C=S) groups is 1. The van der Waals surface area contributed by atoms with Crippen molar-refractivity contribution < 1.29 is 0 Å². The van der Waals surface area contributed by atoms with Crippen LogP contribution in [0.1, 0.15) is 64.4 Å². The molecule has 5 rings (SSSR count). The van der Waals surface area contributed by atoms with E-state index in [0.717, 1.165) is 35.2 Å². The van der Waals surface area contributed by atoms with E-state index in [2.05, 4.69) is 102 Å². The minimum absolute atomic E-state index is 0.0101. The van der Waals surface area contributed by atoms with Crippen molar-refractivity contribution in [1.82, 2.24) is 14.9 Å². The Kier molecular flexibility index (Phi) is 6.77. The average molecular weight is 522 g/mol. The van der Waals surface area contributed by atoms with Gasteiger partial charge in [-0.05, 0) is 93.2 Å². The monoisotopic (exact) mass is 521 g/mol. The molecule has 2 saturated heterocycles. The molecule has 0 spiro atoms. The highest BCUT2D eigenvalue weighted by atomic mass is 35.5. The summed E-state index contributed by atoms with van der Waals surface area (Å²) in [5, 5.41) is 5.01. The molecule has 0 radical (unpaired) electrons. The second kappa shape index (κ2) is 9.71. The number of rotatable bonds is 4. The highest BCUT2D eigenvalue weighted by Crippen LogP contribution is 2.44. The van der Waals surface area contributed by atoms with E-state index in [9.17, 15) is 0 Å². The van der Waals surface area contributed by atoms with E-state index in [4.69, 9.17) is 23.8 Å². The van der Waals surface area contributed by atoms with Gasteiger partial charge in [-0.1, -0.05) is 31.5 Å². The van der Waals surface area contributed by atoms with Crippen LogP contribution >= 0.6 is 23.8 Å². The molecule has 3 aromatic rings. The van der Waals surface area contributed by atoms with Gasteiger partial charge in [0.15, 0.2) is 5.11 Å². The van der Waals surface area contributed by atoms with E-state index in [-0.39, 0.29) is 17.6 Å². The summed E-state index contributed by atoms with van der Waals surface area (Å²) in [6.07, 6.45) is 7.49. The number of hydrogen-bond acceptors (Lipinski definition) is 3. The molecule has 36 heavy (non-hydrogen) atoms. The number of hydrogen-bond donors (Lipinski definition) is 1. The molecular weight excluding hydrogens is 486 g/mol. The Labute approximate surface area is 225 Å². The predicted molar refractivity (Wildman–Crippen MR) is 154 cm³/mol. The summed E-state index contributed by atoms with van der Waals surface area (Å²) in [4.78, 5) is 9.31. The summed E-state index contributed by atoms with van der Waals surface area (Å²) in [7, 11) is 0. The summed E-state index contributed by atoms with van der Waals surface area (Å²) in [5.41, 5.74) is 4.24. The van der Waals surface area contributed by atoms with Crippen molar-refractivity contribution in [3.05, 3.63) is 77.3 Å². The van der Waals surface area contributed by atoms with Gasteiger partial charge >= 0.3 is 0 Å². The lowest BCUT2D eigenvalue weighted by Crippen LogP contribution is -2.38. The largest absolute Gasteiger partial charge is 0.370 e. The van der Waals surface area contributed by atoms with Gasteiger partial charge in [0.1, 0.15) is 0 Å². The van der Waals surface area contributed by atoms with E-state index in [1.165, 1.54) is 12.0 Å². The lowest BCUT2D eigenvalue weighted by Gasteiger charge is -2.37. The summed E-state index contributed by atoms with van der Waals surface area (Å²) in [6, 6.07) is 14.5. The van der Waals surface area contributed by atoms with E-state index in [1.807, 2.05) is 18.3 Å².